The molecule has 37 heavy (non-hydrogen) atoms. The predicted octanol–water partition coefficient (Wildman–Crippen LogP) is 3.49. The molecule has 5 rings (SSSR count). The SMILES string of the molecule is CC(=O)c1cccc(N2C(=O)[C@@H]3[C@H](C(=O)Nc4ccccc4)[C@@]4(C)C=C[C@@]3(O4)[C@H]2C(=O)NC(C)(C)C)c1. The summed E-state index contributed by atoms with van der Waals surface area (Å²) in [5.74, 6) is -3.09. The molecule has 0 unspecified atom stereocenters. The highest BCUT2D eigenvalue weighted by Gasteiger charge is 2.76. The van der Waals surface area contributed by atoms with Gasteiger partial charge in [0, 0.05) is 22.5 Å². The van der Waals surface area contributed by atoms with E-state index >= 15 is 0 Å². The molecule has 2 bridgehead atoms. The van der Waals surface area contributed by atoms with Crippen molar-refractivity contribution in [2.75, 3.05) is 10.2 Å². The van der Waals surface area contributed by atoms with Crippen LogP contribution in [0.4, 0.5) is 11.4 Å². The fourth-order valence-corrected chi connectivity index (χ4v) is 5.87. The molecule has 3 aliphatic heterocycles. The van der Waals surface area contributed by atoms with Crippen LogP contribution in [0.3, 0.4) is 0 Å². The summed E-state index contributed by atoms with van der Waals surface area (Å²) < 4.78 is 6.53. The number of hydrogen-bond acceptors (Lipinski definition) is 5. The Kier molecular flexibility index (Phi) is 5.64. The van der Waals surface area contributed by atoms with E-state index in [-0.39, 0.29) is 11.7 Å². The van der Waals surface area contributed by atoms with Crippen molar-refractivity contribution in [1.82, 2.24) is 5.32 Å². The lowest BCUT2D eigenvalue weighted by Crippen LogP contribution is -2.58. The summed E-state index contributed by atoms with van der Waals surface area (Å²) in [6.07, 6.45) is 3.56. The zero-order valence-electron chi connectivity index (χ0n) is 21.6. The van der Waals surface area contributed by atoms with E-state index in [0.717, 1.165) is 0 Å². The molecule has 1 spiro atoms. The summed E-state index contributed by atoms with van der Waals surface area (Å²) in [7, 11) is 0. The van der Waals surface area contributed by atoms with E-state index < -0.39 is 46.4 Å². The van der Waals surface area contributed by atoms with Crippen LogP contribution in [0, 0.1) is 11.8 Å². The van der Waals surface area contributed by atoms with E-state index in [2.05, 4.69) is 10.6 Å². The summed E-state index contributed by atoms with van der Waals surface area (Å²) in [5, 5.41) is 5.91. The van der Waals surface area contributed by atoms with Gasteiger partial charge in [0.15, 0.2) is 5.78 Å². The molecule has 2 aromatic carbocycles. The van der Waals surface area contributed by atoms with Crippen molar-refractivity contribution >= 4 is 34.9 Å². The molecule has 0 aromatic heterocycles. The first-order valence-corrected chi connectivity index (χ1v) is 12.4. The van der Waals surface area contributed by atoms with Gasteiger partial charge in [-0.1, -0.05) is 42.5 Å². The molecule has 2 saturated heterocycles. The van der Waals surface area contributed by atoms with Crippen molar-refractivity contribution in [3.8, 4) is 0 Å². The third-order valence-electron chi connectivity index (χ3n) is 7.30. The minimum Gasteiger partial charge on any atom is -0.356 e. The number of nitrogens with zero attached hydrogens (tertiary/aromatic N) is 1. The van der Waals surface area contributed by atoms with Gasteiger partial charge in [-0.2, -0.15) is 0 Å². The number of Topliss-reactive ketones (excluding diaryl/α,β-unsaturated/α-hetero) is 1. The van der Waals surface area contributed by atoms with E-state index in [1.165, 1.54) is 11.8 Å². The van der Waals surface area contributed by atoms with Crippen LogP contribution >= 0.6 is 0 Å². The van der Waals surface area contributed by atoms with E-state index in [9.17, 15) is 19.2 Å². The van der Waals surface area contributed by atoms with E-state index in [1.54, 1.807) is 55.5 Å². The lowest BCUT2D eigenvalue weighted by atomic mass is 9.70. The van der Waals surface area contributed by atoms with Crippen LogP contribution < -0.4 is 15.5 Å². The van der Waals surface area contributed by atoms with Crippen molar-refractivity contribution in [1.29, 1.82) is 0 Å². The van der Waals surface area contributed by atoms with Gasteiger partial charge in [-0.05, 0) is 58.9 Å². The summed E-state index contributed by atoms with van der Waals surface area (Å²) >= 11 is 0. The number of hydrogen-bond donors (Lipinski definition) is 2. The molecular weight excluding hydrogens is 470 g/mol. The van der Waals surface area contributed by atoms with Crippen LogP contribution in [-0.4, -0.2) is 46.3 Å². The maximum Gasteiger partial charge on any atom is 0.246 e. The Hall–Kier alpha value is -3.78. The molecule has 2 N–H and O–H groups in total. The van der Waals surface area contributed by atoms with E-state index in [0.29, 0.717) is 16.9 Å². The molecule has 0 aliphatic carbocycles. The fourth-order valence-electron chi connectivity index (χ4n) is 5.87. The first-order chi connectivity index (χ1) is 17.4. The number of nitrogens with one attached hydrogen (secondary N) is 2. The number of ketones is 1. The van der Waals surface area contributed by atoms with Crippen molar-refractivity contribution in [2.24, 2.45) is 11.8 Å². The van der Waals surface area contributed by atoms with Gasteiger partial charge < -0.3 is 15.4 Å². The largest absolute Gasteiger partial charge is 0.356 e. The summed E-state index contributed by atoms with van der Waals surface area (Å²) in [6.45, 7) is 8.80. The number of carbonyl (C=O) groups excluding carboxylic acids is 4. The number of para-hydroxylation sites is 1. The average molecular weight is 502 g/mol. The van der Waals surface area contributed by atoms with Crippen LogP contribution in [0.1, 0.15) is 45.0 Å². The molecular formula is C29H31N3O5. The molecule has 3 amide bonds. The van der Waals surface area contributed by atoms with Gasteiger partial charge in [0.25, 0.3) is 0 Å². The summed E-state index contributed by atoms with van der Waals surface area (Å²) in [4.78, 5) is 55.2. The Morgan fingerprint density at radius 2 is 1.68 bits per heavy atom. The number of carbonyl (C=O) groups is 4. The maximum absolute atomic E-state index is 14.2. The third-order valence-corrected chi connectivity index (χ3v) is 7.30. The standard InChI is InChI=1S/C29H31N3O5/c1-17(33)18-10-9-13-20(16-18)32-23(25(35)31-27(2,3)4)29-15-14-28(5,37-29)21(22(29)26(32)36)24(34)30-19-11-7-6-8-12-19/h6-16,21-23H,1-5H3,(H,30,34)(H,31,35)/t21-,22+,23-,28-,29+/m1/s1. The smallest absolute Gasteiger partial charge is 0.246 e. The normalized spacial score (nSPS) is 29.8. The van der Waals surface area contributed by atoms with Gasteiger partial charge in [-0.15, -0.1) is 0 Å². The quantitative estimate of drug-likeness (QED) is 0.482. The number of amides is 3. The monoisotopic (exact) mass is 501 g/mol. The lowest BCUT2D eigenvalue weighted by molar-refractivity contribution is -0.131. The van der Waals surface area contributed by atoms with Gasteiger partial charge in [0.05, 0.1) is 17.4 Å². The highest BCUT2D eigenvalue weighted by Crippen LogP contribution is 2.60. The second-order valence-corrected chi connectivity index (χ2v) is 11.2. The van der Waals surface area contributed by atoms with Crippen molar-refractivity contribution in [2.45, 2.75) is 57.4 Å². The number of ether oxygens (including phenoxy) is 1. The highest BCUT2D eigenvalue weighted by molar-refractivity contribution is 6.12. The van der Waals surface area contributed by atoms with Gasteiger partial charge in [0.1, 0.15) is 11.6 Å². The zero-order chi connectivity index (χ0) is 26.8. The Bertz CT molecular complexity index is 1330. The second-order valence-electron chi connectivity index (χ2n) is 11.2. The summed E-state index contributed by atoms with van der Waals surface area (Å²) in [5.41, 5.74) is -1.55. The lowest BCUT2D eigenvalue weighted by Gasteiger charge is -2.35. The molecule has 8 nitrogen and oxygen atoms in total. The predicted molar refractivity (Wildman–Crippen MR) is 139 cm³/mol. The van der Waals surface area contributed by atoms with Crippen LogP contribution in [0.5, 0.6) is 0 Å². The first kappa shape index (κ1) is 24.9. The number of fused-ring (bicyclic) bond motifs is 1. The zero-order valence-corrected chi connectivity index (χ0v) is 21.6. The third kappa shape index (κ3) is 3.96. The molecule has 2 aromatic rings. The molecule has 192 valence electrons. The highest BCUT2D eigenvalue weighted by atomic mass is 16.5. The van der Waals surface area contributed by atoms with Crippen molar-refractivity contribution in [3.05, 3.63) is 72.3 Å². The molecule has 5 atom stereocenters. The van der Waals surface area contributed by atoms with Crippen LogP contribution in [0.2, 0.25) is 0 Å². The average Bonchev–Trinajstić information content (AvgIpc) is 3.39. The minimum atomic E-state index is -1.34. The fraction of sp³-hybridized carbons (Fsp3) is 0.379. The van der Waals surface area contributed by atoms with E-state index in [4.69, 9.17) is 4.74 Å². The van der Waals surface area contributed by atoms with Crippen LogP contribution in [0.25, 0.3) is 0 Å². The van der Waals surface area contributed by atoms with Crippen LogP contribution in [0.15, 0.2) is 66.7 Å². The number of anilines is 2. The molecule has 3 aliphatic rings. The first-order valence-electron chi connectivity index (χ1n) is 12.4. The van der Waals surface area contributed by atoms with Gasteiger partial charge in [0.2, 0.25) is 17.7 Å². The minimum absolute atomic E-state index is 0.160. The molecule has 3 heterocycles. The molecule has 2 fully saturated rings. The number of benzene rings is 2. The Morgan fingerprint density at radius 3 is 2.32 bits per heavy atom. The van der Waals surface area contributed by atoms with Gasteiger partial charge >= 0.3 is 0 Å². The van der Waals surface area contributed by atoms with Crippen LogP contribution in [-0.2, 0) is 19.1 Å². The molecule has 8 heteroatoms. The maximum atomic E-state index is 14.2. The molecule has 0 saturated carbocycles. The second kappa shape index (κ2) is 8.38. The van der Waals surface area contributed by atoms with Crippen molar-refractivity contribution in [3.63, 3.8) is 0 Å². The Morgan fingerprint density at radius 1 is 0.973 bits per heavy atom. The Balaban J connectivity index is 1.61. The topological polar surface area (TPSA) is 105 Å². The number of rotatable bonds is 5. The van der Waals surface area contributed by atoms with Gasteiger partial charge in [-0.25, -0.2) is 0 Å². The molecule has 0 radical (unpaired) electrons. The van der Waals surface area contributed by atoms with Crippen molar-refractivity contribution < 1.29 is 23.9 Å². The van der Waals surface area contributed by atoms with Gasteiger partial charge in [-0.3, -0.25) is 24.1 Å². The van der Waals surface area contributed by atoms with E-state index in [1.807, 2.05) is 39.0 Å². The Labute approximate surface area is 216 Å². The summed E-state index contributed by atoms with van der Waals surface area (Å²) in [6, 6.07) is 14.6.